The van der Waals surface area contributed by atoms with Crippen LogP contribution in [0, 0.1) is 0 Å². The minimum atomic E-state index is -1.48. The predicted molar refractivity (Wildman–Crippen MR) is 145 cm³/mol. The van der Waals surface area contributed by atoms with Gasteiger partial charge in [-0.05, 0) is 54.4 Å². The largest absolute Gasteiger partial charge is 0.478 e. The summed E-state index contributed by atoms with van der Waals surface area (Å²) >= 11 is 0. The fraction of sp³-hybridized carbons (Fsp3) is 0.0968. The van der Waals surface area contributed by atoms with E-state index >= 15 is 0 Å². The van der Waals surface area contributed by atoms with Crippen LogP contribution in [0.5, 0.6) is 11.5 Å². The highest BCUT2D eigenvalue weighted by atomic mass is 16.7. The zero-order chi connectivity index (χ0) is 29.7. The van der Waals surface area contributed by atoms with Crippen molar-refractivity contribution >= 4 is 23.9 Å². The maximum absolute atomic E-state index is 11.8. The fourth-order valence-corrected chi connectivity index (χ4v) is 4.43. The van der Waals surface area contributed by atoms with Crippen LogP contribution in [-0.4, -0.2) is 50.6 Å². The predicted octanol–water partition coefficient (Wildman–Crippen LogP) is 5.27. The molecule has 0 amide bonds. The van der Waals surface area contributed by atoms with E-state index in [0.717, 1.165) is 35.4 Å². The average Bonchev–Trinajstić information content (AvgIpc) is 2.97. The first-order valence-corrected chi connectivity index (χ1v) is 12.2. The molecule has 0 aliphatic rings. The maximum atomic E-state index is 11.8. The molecule has 0 radical (unpaired) electrons. The third kappa shape index (κ3) is 5.86. The van der Waals surface area contributed by atoms with Crippen LogP contribution in [0.3, 0.4) is 0 Å². The van der Waals surface area contributed by atoms with Crippen molar-refractivity contribution in [1.29, 1.82) is 0 Å². The molecule has 0 saturated carbocycles. The Balaban J connectivity index is 1.91. The van der Waals surface area contributed by atoms with Gasteiger partial charge in [0.05, 0.1) is 27.7 Å². The lowest BCUT2D eigenvalue weighted by atomic mass is 9.75. The molecule has 4 rings (SSSR count). The fourth-order valence-electron chi connectivity index (χ4n) is 4.43. The van der Waals surface area contributed by atoms with Crippen LogP contribution in [0.4, 0.5) is 0 Å². The van der Waals surface area contributed by atoms with Crippen LogP contribution >= 0.6 is 0 Å². The molecule has 0 bridgehead atoms. The van der Waals surface area contributed by atoms with E-state index in [-0.39, 0.29) is 11.5 Å². The van der Waals surface area contributed by atoms with Crippen molar-refractivity contribution in [3.05, 3.63) is 130 Å². The van der Waals surface area contributed by atoms with Crippen molar-refractivity contribution in [2.45, 2.75) is 18.6 Å². The van der Waals surface area contributed by atoms with Gasteiger partial charge in [0.25, 0.3) is 6.29 Å². The summed E-state index contributed by atoms with van der Waals surface area (Å²) < 4.78 is 12.5. The Morgan fingerprint density at radius 3 is 1.20 bits per heavy atom. The SMILES string of the molecule is CC(c1ccccc1)(c1ccccc1)C(Oc1ccc(C(=O)O)c(C(=O)O)c1)Oc1ccc(C(=O)O)c(C(=O)O)c1. The molecule has 0 aromatic heterocycles. The molecule has 41 heavy (non-hydrogen) atoms. The van der Waals surface area contributed by atoms with Gasteiger partial charge >= 0.3 is 23.9 Å². The van der Waals surface area contributed by atoms with Crippen LogP contribution in [0.2, 0.25) is 0 Å². The van der Waals surface area contributed by atoms with Gasteiger partial charge in [-0.3, -0.25) is 0 Å². The van der Waals surface area contributed by atoms with Gasteiger partial charge in [-0.25, -0.2) is 19.2 Å². The van der Waals surface area contributed by atoms with Crippen molar-refractivity contribution in [2.24, 2.45) is 0 Å². The lowest BCUT2D eigenvalue weighted by Gasteiger charge is -2.38. The van der Waals surface area contributed by atoms with Crippen LogP contribution in [0.15, 0.2) is 97.1 Å². The van der Waals surface area contributed by atoms with E-state index in [1.165, 1.54) is 12.1 Å². The van der Waals surface area contributed by atoms with E-state index < -0.39 is 57.8 Å². The number of hydrogen-bond donors (Lipinski definition) is 4. The molecular weight excluding hydrogens is 532 g/mol. The van der Waals surface area contributed by atoms with Gasteiger partial charge in [0.2, 0.25) is 0 Å². The number of benzene rings is 4. The third-order valence-electron chi connectivity index (χ3n) is 6.61. The normalized spacial score (nSPS) is 11.1. The second-order valence-corrected chi connectivity index (χ2v) is 9.14. The number of carboxylic acids is 4. The molecule has 0 unspecified atom stereocenters. The molecular formula is C31H24O10. The zero-order valence-electron chi connectivity index (χ0n) is 21.6. The van der Waals surface area contributed by atoms with Crippen molar-refractivity contribution in [1.82, 2.24) is 0 Å². The lowest BCUT2D eigenvalue weighted by Crippen LogP contribution is -2.46. The van der Waals surface area contributed by atoms with Gasteiger partial charge in [-0.2, -0.15) is 0 Å². The van der Waals surface area contributed by atoms with Crippen LogP contribution in [0.1, 0.15) is 59.5 Å². The molecule has 0 fully saturated rings. The number of ether oxygens (including phenoxy) is 2. The minimum Gasteiger partial charge on any atom is -0.478 e. The van der Waals surface area contributed by atoms with Crippen LogP contribution < -0.4 is 9.47 Å². The van der Waals surface area contributed by atoms with E-state index in [0.29, 0.717) is 0 Å². The van der Waals surface area contributed by atoms with Gasteiger partial charge in [-0.1, -0.05) is 60.7 Å². The quantitative estimate of drug-likeness (QED) is 0.179. The lowest BCUT2D eigenvalue weighted by molar-refractivity contribution is -0.0394. The molecule has 0 aliphatic heterocycles. The highest BCUT2D eigenvalue weighted by Crippen LogP contribution is 2.39. The molecule has 0 heterocycles. The summed E-state index contributed by atoms with van der Waals surface area (Å²) in [6.45, 7) is 1.82. The van der Waals surface area contributed by atoms with E-state index in [1.54, 1.807) is 0 Å². The first-order valence-electron chi connectivity index (χ1n) is 12.2. The van der Waals surface area contributed by atoms with Crippen molar-refractivity contribution in [3.8, 4) is 11.5 Å². The number of aromatic carboxylic acids is 4. The number of rotatable bonds is 11. The van der Waals surface area contributed by atoms with Crippen LogP contribution in [-0.2, 0) is 5.41 Å². The summed E-state index contributed by atoms with van der Waals surface area (Å²) in [4.78, 5) is 46.8. The Bertz CT molecular complexity index is 1500. The van der Waals surface area contributed by atoms with E-state index in [1.807, 2.05) is 67.6 Å². The molecule has 10 heteroatoms. The topological polar surface area (TPSA) is 168 Å². The molecule has 0 saturated heterocycles. The van der Waals surface area contributed by atoms with E-state index in [9.17, 15) is 39.6 Å². The average molecular weight is 557 g/mol. The van der Waals surface area contributed by atoms with Crippen molar-refractivity contribution in [3.63, 3.8) is 0 Å². The summed E-state index contributed by atoms with van der Waals surface area (Å²) in [7, 11) is 0. The van der Waals surface area contributed by atoms with E-state index in [2.05, 4.69) is 0 Å². The highest BCUT2D eigenvalue weighted by Gasteiger charge is 2.42. The van der Waals surface area contributed by atoms with Crippen LogP contribution in [0.25, 0.3) is 0 Å². The summed E-state index contributed by atoms with van der Waals surface area (Å²) in [5.41, 5.74) is -1.57. The number of carboxylic acid groups (broad SMARTS) is 4. The Labute approximate surface area is 233 Å². The van der Waals surface area contributed by atoms with Gasteiger partial charge in [-0.15, -0.1) is 0 Å². The van der Waals surface area contributed by atoms with Gasteiger partial charge < -0.3 is 29.9 Å². The number of hydrogen-bond acceptors (Lipinski definition) is 6. The molecule has 0 aliphatic carbocycles. The van der Waals surface area contributed by atoms with E-state index in [4.69, 9.17) is 9.47 Å². The Morgan fingerprint density at radius 1 is 0.537 bits per heavy atom. The highest BCUT2D eigenvalue weighted by molar-refractivity contribution is 6.02. The molecule has 4 aromatic carbocycles. The van der Waals surface area contributed by atoms with Crippen molar-refractivity contribution in [2.75, 3.05) is 0 Å². The Morgan fingerprint density at radius 2 is 0.878 bits per heavy atom. The second-order valence-electron chi connectivity index (χ2n) is 9.14. The maximum Gasteiger partial charge on any atom is 0.336 e. The smallest absolute Gasteiger partial charge is 0.336 e. The Hall–Kier alpha value is -5.64. The summed E-state index contributed by atoms with van der Waals surface area (Å²) in [5, 5.41) is 38.1. The third-order valence-corrected chi connectivity index (χ3v) is 6.61. The van der Waals surface area contributed by atoms with Gasteiger partial charge in [0.1, 0.15) is 11.5 Å². The minimum absolute atomic E-state index is 0.0314. The zero-order valence-corrected chi connectivity index (χ0v) is 21.6. The molecule has 0 atom stereocenters. The monoisotopic (exact) mass is 556 g/mol. The number of carbonyl (C=O) groups is 4. The van der Waals surface area contributed by atoms with Gasteiger partial charge in [0, 0.05) is 0 Å². The Kier molecular flexibility index (Phi) is 8.04. The molecule has 10 nitrogen and oxygen atoms in total. The molecule has 4 aromatic rings. The standard InChI is InChI=1S/C31H24O10/c1-31(18-8-4-2-5-9-18,19-10-6-3-7-11-19)30(40-20-12-14-22(26(32)33)24(16-20)28(36)37)41-21-13-15-23(27(34)35)25(17-21)29(38)39/h2-17,30H,1H3,(H,32,33)(H,34,35)(H,36,37)(H,38,39). The first kappa shape index (κ1) is 28.4. The molecule has 0 spiro atoms. The first-order chi connectivity index (χ1) is 19.5. The van der Waals surface area contributed by atoms with Gasteiger partial charge in [0.15, 0.2) is 0 Å². The van der Waals surface area contributed by atoms with Crippen molar-refractivity contribution < 1.29 is 49.1 Å². The molecule has 4 N–H and O–H groups in total. The molecule has 208 valence electrons. The summed E-state index contributed by atoms with van der Waals surface area (Å²) in [5.74, 6) is -5.88. The second kappa shape index (κ2) is 11.6. The summed E-state index contributed by atoms with van der Waals surface area (Å²) in [6, 6.07) is 25.1. The summed E-state index contributed by atoms with van der Waals surface area (Å²) in [6.07, 6.45) is -1.30.